The van der Waals surface area contributed by atoms with Gasteiger partial charge in [-0.15, -0.1) is 0 Å². The molecule has 5 aliphatic rings. The molecule has 5 heterocycles. The highest BCUT2D eigenvalue weighted by Gasteiger charge is 2.30. The molecule has 376 valence electrons. The van der Waals surface area contributed by atoms with Gasteiger partial charge in [-0.05, 0) is 111 Å². The number of ether oxygens (including phenoxy) is 8. The number of carbonyl (C=O) groups excluding carboxylic acids is 3. The summed E-state index contributed by atoms with van der Waals surface area (Å²) in [5, 5.41) is 33.8. The van der Waals surface area contributed by atoms with E-state index in [0.717, 1.165) is 19.4 Å². The van der Waals surface area contributed by atoms with E-state index in [1.54, 1.807) is 41.5 Å². The van der Waals surface area contributed by atoms with Gasteiger partial charge in [0.15, 0.2) is 0 Å². The van der Waals surface area contributed by atoms with Gasteiger partial charge in [0, 0.05) is 48.9 Å². The maximum Gasteiger partial charge on any atom is 0.408 e. The highest BCUT2D eigenvalue weighted by atomic mass is 16.6. The summed E-state index contributed by atoms with van der Waals surface area (Å²) < 4.78 is 41.1. The van der Waals surface area contributed by atoms with Crippen molar-refractivity contribution in [1.82, 2.24) is 16.0 Å². The van der Waals surface area contributed by atoms with E-state index in [1.165, 1.54) is 0 Å². The number of azide groups is 2. The molecule has 5 aliphatic heterocycles. The zero-order valence-corrected chi connectivity index (χ0v) is 40.1. The van der Waals surface area contributed by atoms with E-state index in [4.69, 9.17) is 65.5 Å². The number of alkyl carbamates (subject to hydrolysis) is 3. The fourth-order valence-electron chi connectivity index (χ4n) is 6.05. The Kier molecular flexibility index (Phi) is 27.6. The van der Waals surface area contributed by atoms with Crippen molar-refractivity contribution >= 4 is 18.3 Å². The summed E-state index contributed by atoms with van der Waals surface area (Å²) in [7, 11) is 0. The van der Waals surface area contributed by atoms with Gasteiger partial charge >= 0.3 is 18.3 Å². The molecule has 10 atom stereocenters. The number of nitrogens with one attached hydrogen (secondary N) is 3. The topological polar surface area (TPSA) is 351 Å². The number of aliphatic hydroxyl groups is 2. The average Bonchev–Trinajstić information content (AvgIpc) is 3.19. The Morgan fingerprint density at radius 1 is 0.538 bits per heavy atom. The first-order valence-electron chi connectivity index (χ1n) is 22.2. The Morgan fingerprint density at radius 2 is 0.892 bits per heavy atom. The minimum atomic E-state index is -0.550. The minimum Gasteiger partial charge on any atom is -0.444 e. The third-order valence-corrected chi connectivity index (χ3v) is 9.57. The number of nitrogens with zero attached hydrogens (tertiary/aromatic N) is 6. The van der Waals surface area contributed by atoms with Crippen LogP contribution in [0.15, 0.2) is 10.2 Å². The lowest BCUT2D eigenvalue weighted by molar-refractivity contribution is -0.0211. The molecule has 0 aromatic heterocycles. The molecule has 24 heteroatoms. The van der Waals surface area contributed by atoms with Crippen LogP contribution in [0.3, 0.4) is 0 Å². The van der Waals surface area contributed by atoms with Gasteiger partial charge in [0.1, 0.15) is 16.8 Å². The molecule has 0 saturated carbocycles. The molecule has 0 unspecified atom stereocenters. The van der Waals surface area contributed by atoms with Crippen LogP contribution in [0.2, 0.25) is 0 Å². The molecule has 9 N–H and O–H groups in total. The molecule has 0 spiro atoms. The molecule has 65 heavy (non-hydrogen) atoms. The number of rotatable bonds is 5. The van der Waals surface area contributed by atoms with Crippen molar-refractivity contribution in [2.45, 2.75) is 173 Å². The predicted molar refractivity (Wildman–Crippen MR) is 240 cm³/mol. The van der Waals surface area contributed by atoms with Gasteiger partial charge in [0.2, 0.25) is 0 Å². The molecule has 0 radical (unpaired) electrons. The lowest BCUT2D eigenvalue weighted by Gasteiger charge is -2.30. The van der Waals surface area contributed by atoms with Crippen LogP contribution in [-0.4, -0.2) is 166 Å². The molecule has 0 bridgehead atoms. The highest BCUT2D eigenvalue weighted by molar-refractivity contribution is 5.69. The van der Waals surface area contributed by atoms with Gasteiger partial charge in [-0.2, -0.15) is 0 Å². The second-order valence-corrected chi connectivity index (χ2v) is 19.1. The van der Waals surface area contributed by atoms with Crippen LogP contribution < -0.4 is 27.4 Å². The number of nitrogens with two attached hydrogens (primary N) is 2. The third kappa shape index (κ3) is 28.7. The maximum absolute atomic E-state index is 11.6. The molecule has 5 saturated heterocycles. The van der Waals surface area contributed by atoms with Gasteiger partial charge in [0.25, 0.3) is 0 Å². The predicted octanol–water partition coefficient (Wildman–Crippen LogP) is 4.08. The Balaban J connectivity index is 0.000000415. The zero-order chi connectivity index (χ0) is 49.2. The Bertz CT molecular complexity index is 1430. The number of hydrogen-bond acceptors (Lipinski definition) is 17. The fourth-order valence-corrected chi connectivity index (χ4v) is 6.05. The SMILES string of the molecule is CC(C)(C)OC(=O)N[C@@H]1COCC[C@@H]1N=[N+]=[N-].CC(C)(C)OC(=O)N[C@@H]1COCC[C@H]1O.C[C@@H]1CCOC[C@H]1NC(=O)OC(C)(C)C.N[C@@H]1COCC[C@H]1O.[N-]=[N+]=N[C@H]1CCOC[C@H]1N. The van der Waals surface area contributed by atoms with Crippen LogP contribution in [0.4, 0.5) is 14.4 Å². The van der Waals surface area contributed by atoms with Crippen LogP contribution in [0.25, 0.3) is 20.9 Å². The number of hydrogen-bond donors (Lipinski definition) is 7. The summed E-state index contributed by atoms with van der Waals surface area (Å²) in [6.07, 6.45) is 1.26. The highest BCUT2D eigenvalue weighted by Crippen LogP contribution is 2.17. The first kappa shape index (κ1) is 59.1. The van der Waals surface area contributed by atoms with Crippen molar-refractivity contribution in [3.63, 3.8) is 0 Å². The monoisotopic (exact) mass is 934 g/mol. The summed E-state index contributed by atoms with van der Waals surface area (Å²) in [6.45, 7) is 23.8. The second-order valence-electron chi connectivity index (χ2n) is 19.1. The van der Waals surface area contributed by atoms with E-state index in [9.17, 15) is 19.5 Å². The average molecular weight is 934 g/mol. The summed E-state index contributed by atoms with van der Waals surface area (Å²) >= 11 is 0. The Hall–Kier alpha value is -3.93. The lowest BCUT2D eigenvalue weighted by Crippen LogP contribution is -2.50. The Labute approximate surface area is 383 Å². The van der Waals surface area contributed by atoms with Gasteiger partial charge in [-0.3, -0.25) is 0 Å². The van der Waals surface area contributed by atoms with E-state index in [1.807, 2.05) is 20.8 Å². The summed E-state index contributed by atoms with van der Waals surface area (Å²) in [4.78, 5) is 39.9. The van der Waals surface area contributed by atoms with Crippen LogP contribution in [-0.2, 0) is 37.9 Å². The first-order chi connectivity index (χ1) is 30.3. The van der Waals surface area contributed by atoms with Gasteiger partial charge in [0.05, 0.1) is 81.5 Å². The van der Waals surface area contributed by atoms with Crippen LogP contribution in [0.1, 0.15) is 101 Å². The standard InChI is InChI=1S/C11H21NO3.C10H18N4O3.C10H19NO4.C5H10N4O.C5H11NO2/c1-8-5-6-14-7-9(8)12-10(13)15-11(2,3)4;1-10(2,3)17-9(15)12-8-6-16-5-4-7(8)13-14-11;1-10(2,3)15-9(13)11-7-6-14-5-4-8(7)12;6-4-3-10-2-1-5(4)8-9-7;6-4-3-8-2-1-5(4)7/h8-9H,5-7H2,1-4H3,(H,12,13);7-8H,4-6H2,1-3H3,(H,12,15);7-8,12H,4-6H2,1-3H3,(H,11,13);4-5H,1-3,6H2;4-5,7H,1-3,6H2/t8-,9-;7-,8+;7-,8-;4-,5+;4-,5-/m10111/s1. The number of aliphatic hydroxyl groups excluding tert-OH is 2. The first-order valence-corrected chi connectivity index (χ1v) is 22.2. The van der Waals surface area contributed by atoms with E-state index >= 15 is 0 Å². The van der Waals surface area contributed by atoms with E-state index in [2.05, 4.69) is 42.9 Å². The number of amides is 3. The molecule has 0 aromatic carbocycles. The van der Waals surface area contributed by atoms with Crippen molar-refractivity contribution in [3.05, 3.63) is 20.9 Å². The largest absolute Gasteiger partial charge is 0.444 e. The normalized spacial score (nSPS) is 29.0. The molecule has 24 nitrogen and oxygen atoms in total. The van der Waals surface area contributed by atoms with E-state index in [-0.39, 0.29) is 54.5 Å². The van der Waals surface area contributed by atoms with Gasteiger partial charge in [-0.25, -0.2) is 14.4 Å². The minimum absolute atomic E-state index is 0.0706. The van der Waals surface area contributed by atoms with E-state index in [0.29, 0.717) is 84.6 Å². The smallest absolute Gasteiger partial charge is 0.408 e. The van der Waals surface area contributed by atoms with Gasteiger partial charge in [-0.1, -0.05) is 17.2 Å². The van der Waals surface area contributed by atoms with Crippen molar-refractivity contribution in [1.29, 1.82) is 0 Å². The second kappa shape index (κ2) is 30.4. The van der Waals surface area contributed by atoms with E-state index < -0.39 is 35.1 Å². The van der Waals surface area contributed by atoms with Crippen LogP contribution >= 0.6 is 0 Å². The quantitative estimate of drug-likeness (QED) is 0.0884. The maximum atomic E-state index is 11.6. The van der Waals surface area contributed by atoms with Crippen molar-refractivity contribution in [3.8, 4) is 0 Å². The lowest BCUT2D eigenvalue weighted by atomic mass is 9.97. The Morgan fingerprint density at radius 3 is 1.29 bits per heavy atom. The molecular weight excluding hydrogens is 855 g/mol. The molecule has 0 aliphatic carbocycles. The molecular formula is C41H79N11O13. The molecule has 5 rings (SSSR count). The summed E-state index contributed by atoms with van der Waals surface area (Å²) in [5.41, 5.74) is 26.0. The summed E-state index contributed by atoms with van der Waals surface area (Å²) in [6, 6.07) is -1.25. The fraction of sp³-hybridized carbons (Fsp3) is 0.927. The van der Waals surface area contributed by atoms with Gasteiger partial charge < -0.3 is 75.5 Å². The molecule has 5 fully saturated rings. The third-order valence-electron chi connectivity index (χ3n) is 9.57. The van der Waals surface area contributed by atoms with Crippen LogP contribution in [0, 0.1) is 5.92 Å². The van der Waals surface area contributed by atoms with Crippen molar-refractivity contribution < 1.29 is 62.5 Å². The molecule has 0 aromatic rings. The van der Waals surface area contributed by atoms with Crippen LogP contribution in [0.5, 0.6) is 0 Å². The zero-order valence-electron chi connectivity index (χ0n) is 40.1. The number of carbonyl (C=O) groups is 3. The van der Waals surface area contributed by atoms with Crippen molar-refractivity contribution in [2.75, 3.05) is 66.1 Å². The summed E-state index contributed by atoms with van der Waals surface area (Å²) in [5.74, 6) is 0.450. The molecule has 3 amide bonds. The van der Waals surface area contributed by atoms with Crippen molar-refractivity contribution in [2.24, 2.45) is 27.6 Å².